The molecule has 0 saturated heterocycles. The number of hydrogen-bond acceptors (Lipinski definition) is 4. The van der Waals surface area contributed by atoms with Crippen LogP contribution in [0.25, 0.3) is 5.65 Å². The molecule has 0 aliphatic heterocycles. The summed E-state index contributed by atoms with van der Waals surface area (Å²) >= 11 is 0. The molecule has 0 fully saturated rings. The quantitative estimate of drug-likeness (QED) is 0.829. The van der Waals surface area contributed by atoms with Crippen LogP contribution in [0.1, 0.15) is 32.8 Å². The minimum absolute atomic E-state index is 0.260. The van der Waals surface area contributed by atoms with Gasteiger partial charge in [0.15, 0.2) is 0 Å². The van der Waals surface area contributed by atoms with Gasteiger partial charge < -0.3 is 4.90 Å². The highest BCUT2D eigenvalue weighted by Crippen LogP contribution is 2.18. The van der Waals surface area contributed by atoms with Crippen LogP contribution < -0.4 is 10.2 Å². The van der Waals surface area contributed by atoms with Crippen LogP contribution in [-0.4, -0.2) is 35.3 Å². The highest BCUT2D eigenvalue weighted by atomic mass is 16.2. The lowest BCUT2D eigenvalue weighted by molar-refractivity contribution is -0.125. The Kier molecular flexibility index (Phi) is 7.08. The molecule has 0 atom stereocenters. The molecule has 2 rings (SSSR count). The zero-order valence-electron chi connectivity index (χ0n) is 13.7. The Morgan fingerprint density at radius 3 is 2.82 bits per heavy atom. The summed E-state index contributed by atoms with van der Waals surface area (Å²) in [6.07, 6.45) is 5.34. The van der Waals surface area contributed by atoms with Crippen LogP contribution in [0.4, 0.5) is 5.82 Å². The van der Waals surface area contributed by atoms with Crippen LogP contribution in [0.15, 0.2) is 24.5 Å². The average molecular weight is 304 g/mol. The third-order valence-corrected chi connectivity index (χ3v) is 3.26. The van der Waals surface area contributed by atoms with E-state index in [0.29, 0.717) is 13.0 Å². The van der Waals surface area contributed by atoms with Crippen LogP contribution in [-0.2, 0) is 16.0 Å². The second-order valence-corrected chi connectivity index (χ2v) is 4.55. The Hall–Kier alpha value is -2.37. The summed E-state index contributed by atoms with van der Waals surface area (Å²) in [6, 6.07) is 4.05. The smallest absolute Gasteiger partial charge is 0.228 e. The van der Waals surface area contributed by atoms with E-state index in [0.717, 1.165) is 17.9 Å². The van der Waals surface area contributed by atoms with E-state index in [1.807, 2.05) is 42.5 Å². The lowest BCUT2D eigenvalue weighted by Gasteiger charge is -2.17. The van der Waals surface area contributed by atoms with Gasteiger partial charge in [-0.15, -0.1) is 0 Å². The fraction of sp³-hybridized carbons (Fsp3) is 0.438. The first-order valence-corrected chi connectivity index (χ1v) is 7.56. The molecular formula is C16H24N4O2. The molecule has 2 amide bonds. The van der Waals surface area contributed by atoms with Gasteiger partial charge in [0.25, 0.3) is 0 Å². The molecule has 0 spiro atoms. The van der Waals surface area contributed by atoms with E-state index in [1.165, 1.54) is 5.56 Å². The minimum Gasteiger partial charge on any atom is -0.359 e. The van der Waals surface area contributed by atoms with Crippen molar-refractivity contribution in [3.63, 3.8) is 0 Å². The second kappa shape index (κ2) is 8.81. The number of carbonyl (C=O) groups excluding carboxylic acids is 2. The van der Waals surface area contributed by atoms with Gasteiger partial charge in [-0.2, -0.15) is 0 Å². The molecule has 0 bridgehead atoms. The number of aromatic nitrogens is 2. The number of imidazole rings is 1. The number of aryl methyl sites for hydroxylation is 1. The number of fused-ring (bicyclic) bond motifs is 1. The summed E-state index contributed by atoms with van der Waals surface area (Å²) in [4.78, 5) is 27.9. The van der Waals surface area contributed by atoms with Crippen molar-refractivity contribution < 1.29 is 9.59 Å². The van der Waals surface area contributed by atoms with E-state index in [9.17, 15) is 9.59 Å². The molecule has 6 nitrogen and oxygen atoms in total. The predicted molar refractivity (Wildman–Crippen MR) is 88.0 cm³/mol. The van der Waals surface area contributed by atoms with Crippen molar-refractivity contribution in [1.29, 1.82) is 0 Å². The third-order valence-electron chi connectivity index (χ3n) is 3.26. The van der Waals surface area contributed by atoms with Gasteiger partial charge in [0.05, 0.1) is 6.20 Å². The molecule has 22 heavy (non-hydrogen) atoms. The van der Waals surface area contributed by atoms with Crippen molar-refractivity contribution >= 4 is 23.8 Å². The summed E-state index contributed by atoms with van der Waals surface area (Å²) in [5, 5.41) is 2.13. The van der Waals surface area contributed by atoms with Gasteiger partial charge in [0, 0.05) is 26.2 Å². The topological polar surface area (TPSA) is 66.7 Å². The second-order valence-electron chi connectivity index (χ2n) is 4.55. The van der Waals surface area contributed by atoms with Crippen LogP contribution >= 0.6 is 0 Å². The number of rotatable bonds is 6. The van der Waals surface area contributed by atoms with Crippen molar-refractivity contribution in [3.8, 4) is 0 Å². The van der Waals surface area contributed by atoms with Crippen molar-refractivity contribution in [2.45, 2.75) is 33.6 Å². The normalized spacial score (nSPS) is 9.82. The lowest BCUT2D eigenvalue weighted by Crippen LogP contribution is -2.28. The number of imide groups is 1. The highest BCUT2D eigenvalue weighted by Gasteiger charge is 2.11. The summed E-state index contributed by atoms with van der Waals surface area (Å²) < 4.78 is 2.01. The van der Waals surface area contributed by atoms with E-state index >= 15 is 0 Å². The summed E-state index contributed by atoms with van der Waals surface area (Å²) in [6.45, 7) is 6.61. The Morgan fingerprint density at radius 2 is 2.18 bits per heavy atom. The molecule has 0 aliphatic rings. The van der Waals surface area contributed by atoms with Gasteiger partial charge in [-0.05, 0) is 18.1 Å². The number of amides is 2. The summed E-state index contributed by atoms with van der Waals surface area (Å²) in [7, 11) is 1.90. The monoisotopic (exact) mass is 304 g/mol. The molecule has 120 valence electrons. The maximum Gasteiger partial charge on any atom is 0.228 e. The van der Waals surface area contributed by atoms with Crippen molar-refractivity contribution in [3.05, 3.63) is 30.1 Å². The predicted octanol–water partition coefficient (Wildman–Crippen LogP) is 2.02. The fourth-order valence-corrected chi connectivity index (χ4v) is 2.14. The van der Waals surface area contributed by atoms with E-state index in [4.69, 9.17) is 0 Å². The van der Waals surface area contributed by atoms with Gasteiger partial charge in [-0.3, -0.25) is 19.3 Å². The minimum atomic E-state index is -0.282. The number of nitrogens with one attached hydrogen (secondary N) is 1. The van der Waals surface area contributed by atoms with Crippen LogP contribution in [0.3, 0.4) is 0 Å². The molecule has 6 heteroatoms. The summed E-state index contributed by atoms with van der Waals surface area (Å²) in [5.41, 5.74) is 2.13. The first-order valence-electron chi connectivity index (χ1n) is 7.56. The molecule has 0 saturated carbocycles. The average Bonchev–Trinajstić information content (AvgIpc) is 2.99. The van der Waals surface area contributed by atoms with Gasteiger partial charge in [0.1, 0.15) is 11.5 Å². The zero-order valence-corrected chi connectivity index (χ0v) is 13.7. The van der Waals surface area contributed by atoms with E-state index in [2.05, 4.69) is 23.3 Å². The molecule has 2 aromatic rings. The highest BCUT2D eigenvalue weighted by molar-refractivity contribution is 5.86. The van der Waals surface area contributed by atoms with Crippen LogP contribution in [0.5, 0.6) is 0 Å². The summed E-state index contributed by atoms with van der Waals surface area (Å²) in [5.74, 6) is 0.643. The van der Waals surface area contributed by atoms with Gasteiger partial charge in [0.2, 0.25) is 12.3 Å². The van der Waals surface area contributed by atoms with E-state index in [-0.39, 0.29) is 12.3 Å². The molecule has 1 N–H and O–H groups in total. The van der Waals surface area contributed by atoms with Gasteiger partial charge >= 0.3 is 0 Å². The Labute approximate surface area is 131 Å². The molecular weight excluding hydrogens is 280 g/mol. The first kappa shape index (κ1) is 17.7. The Balaban J connectivity index is 0.00000116. The molecule has 2 aromatic heterocycles. The number of carbonyl (C=O) groups is 2. The zero-order chi connectivity index (χ0) is 16.5. The van der Waals surface area contributed by atoms with Gasteiger partial charge in [-0.1, -0.05) is 26.8 Å². The third kappa shape index (κ3) is 4.07. The van der Waals surface area contributed by atoms with Crippen molar-refractivity contribution in [1.82, 2.24) is 14.7 Å². The van der Waals surface area contributed by atoms with E-state index in [1.54, 1.807) is 6.20 Å². The molecule has 0 radical (unpaired) electrons. The molecule has 0 unspecified atom stereocenters. The van der Waals surface area contributed by atoms with Gasteiger partial charge in [-0.25, -0.2) is 4.98 Å². The largest absolute Gasteiger partial charge is 0.359 e. The van der Waals surface area contributed by atoms with Crippen molar-refractivity contribution in [2.75, 3.05) is 18.5 Å². The maximum absolute atomic E-state index is 11.3. The van der Waals surface area contributed by atoms with Crippen molar-refractivity contribution in [2.24, 2.45) is 0 Å². The van der Waals surface area contributed by atoms with Crippen LogP contribution in [0, 0.1) is 0 Å². The number of pyridine rings is 1. The van der Waals surface area contributed by atoms with Crippen LogP contribution in [0.2, 0.25) is 0 Å². The number of nitrogens with zero attached hydrogens (tertiary/aromatic N) is 3. The molecule has 0 aromatic carbocycles. The molecule has 0 aliphatic carbocycles. The fourth-order valence-electron chi connectivity index (χ4n) is 2.14. The van der Waals surface area contributed by atoms with E-state index < -0.39 is 0 Å². The number of anilines is 1. The SMILES string of the molecule is CC.CCc1cccn2c(N(C)CCC(=O)NC=O)cnc12. The lowest BCUT2D eigenvalue weighted by atomic mass is 10.2. The standard InChI is InChI=1S/C14H18N4O2.C2H6/c1-3-11-5-4-7-18-13(9-15-14(11)18)17(2)8-6-12(20)16-10-19;1-2/h4-5,7,9-10H,3,6,8H2,1-2H3,(H,16,19,20);1-2H3. The molecule has 2 heterocycles. The Morgan fingerprint density at radius 1 is 1.45 bits per heavy atom. The first-order chi connectivity index (χ1) is 10.7. The Bertz CT molecular complexity index is 622. The number of hydrogen-bond donors (Lipinski definition) is 1. The maximum atomic E-state index is 11.3.